The zero-order chi connectivity index (χ0) is 20.4. The van der Waals surface area contributed by atoms with Crippen molar-refractivity contribution in [1.82, 2.24) is 4.72 Å². The van der Waals surface area contributed by atoms with Crippen LogP contribution in [0.3, 0.4) is 0 Å². The Hall–Kier alpha value is -1.89. The number of halogens is 1. The number of benzene rings is 2. The Bertz CT molecular complexity index is 838. The minimum absolute atomic E-state index is 0.191. The highest BCUT2D eigenvalue weighted by molar-refractivity contribution is 7.89. The SMILES string of the molecule is COC(=O)CCCCCCC(NS(=O)(=O)c1ccc(Cl)cc1)c1ccccc1. The van der Waals surface area contributed by atoms with Crippen LogP contribution in [0.5, 0.6) is 0 Å². The molecule has 152 valence electrons. The number of carbonyl (C=O) groups is 1. The molecule has 0 amide bonds. The van der Waals surface area contributed by atoms with Gasteiger partial charge in [0.2, 0.25) is 10.0 Å². The number of nitrogens with one attached hydrogen (secondary N) is 1. The maximum Gasteiger partial charge on any atom is 0.305 e. The zero-order valence-electron chi connectivity index (χ0n) is 15.9. The number of unbranched alkanes of at least 4 members (excludes halogenated alkanes) is 3. The average molecular weight is 424 g/mol. The van der Waals surface area contributed by atoms with Crippen molar-refractivity contribution < 1.29 is 17.9 Å². The van der Waals surface area contributed by atoms with E-state index in [0.29, 0.717) is 17.9 Å². The van der Waals surface area contributed by atoms with Gasteiger partial charge >= 0.3 is 5.97 Å². The Morgan fingerprint density at radius 1 is 1.00 bits per heavy atom. The van der Waals surface area contributed by atoms with E-state index in [1.54, 1.807) is 12.1 Å². The second-order valence-corrected chi connectivity index (χ2v) is 8.72. The molecule has 0 bridgehead atoms. The minimum atomic E-state index is -3.66. The second-order valence-electron chi connectivity index (χ2n) is 6.57. The Morgan fingerprint density at radius 2 is 1.64 bits per heavy atom. The van der Waals surface area contributed by atoms with E-state index in [-0.39, 0.29) is 16.9 Å². The number of hydrogen-bond donors (Lipinski definition) is 1. The van der Waals surface area contributed by atoms with Gasteiger partial charge < -0.3 is 4.74 Å². The Balaban J connectivity index is 1.98. The summed E-state index contributed by atoms with van der Waals surface area (Å²) in [7, 11) is -2.27. The summed E-state index contributed by atoms with van der Waals surface area (Å²) in [5, 5.41) is 0.491. The van der Waals surface area contributed by atoms with Crippen molar-refractivity contribution in [2.24, 2.45) is 0 Å². The summed E-state index contributed by atoms with van der Waals surface area (Å²) < 4.78 is 33.0. The summed E-state index contributed by atoms with van der Waals surface area (Å²) >= 11 is 5.86. The average Bonchev–Trinajstić information content (AvgIpc) is 2.70. The molecule has 1 atom stereocenters. The quantitative estimate of drug-likeness (QED) is 0.413. The van der Waals surface area contributed by atoms with E-state index in [2.05, 4.69) is 9.46 Å². The molecule has 0 radical (unpaired) electrons. The molecule has 2 rings (SSSR count). The molecule has 0 aliphatic heterocycles. The highest BCUT2D eigenvalue weighted by atomic mass is 35.5. The predicted molar refractivity (Wildman–Crippen MR) is 111 cm³/mol. The van der Waals surface area contributed by atoms with Gasteiger partial charge in [-0.25, -0.2) is 13.1 Å². The van der Waals surface area contributed by atoms with Crippen molar-refractivity contribution in [1.29, 1.82) is 0 Å². The highest BCUT2D eigenvalue weighted by Gasteiger charge is 2.21. The lowest BCUT2D eigenvalue weighted by atomic mass is 10.0. The van der Waals surface area contributed by atoms with E-state index < -0.39 is 10.0 Å². The molecule has 1 unspecified atom stereocenters. The monoisotopic (exact) mass is 423 g/mol. The van der Waals surface area contributed by atoms with Crippen molar-refractivity contribution in [3.63, 3.8) is 0 Å². The lowest BCUT2D eigenvalue weighted by Crippen LogP contribution is -2.28. The van der Waals surface area contributed by atoms with E-state index >= 15 is 0 Å². The molecular weight excluding hydrogens is 398 g/mol. The first-order valence-corrected chi connectivity index (χ1v) is 11.2. The van der Waals surface area contributed by atoms with Gasteiger partial charge in [-0.15, -0.1) is 0 Å². The number of hydrogen-bond acceptors (Lipinski definition) is 4. The maximum atomic E-state index is 12.8. The van der Waals surface area contributed by atoms with Crippen LogP contribution in [0.1, 0.15) is 50.1 Å². The van der Waals surface area contributed by atoms with E-state index in [1.165, 1.54) is 19.2 Å². The van der Waals surface area contributed by atoms with Crippen molar-refractivity contribution >= 4 is 27.6 Å². The van der Waals surface area contributed by atoms with Crippen LogP contribution in [0.4, 0.5) is 0 Å². The largest absolute Gasteiger partial charge is 0.469 e. The molecule has 0 saturated heterocycles. The Morgan fingerprint density at radius 3 is 2.29 bits per heavy atom. The maximum absolute atomic E-state index is 12.8. The third-order valence-corrected chi connectivity index (χ3v) is 6.21. The second kappa shape index (κ2) is 11.2. The van der Waals surface area contributed by atoms with Crippen molar-refractivity contribution in [2.45, 2.75) is 49.5 Å². The van der Waals surface area contributed by atoms with Crippen LogP contribution in [0.25, 0.3) is 0 Å². The Kier molecular flexibility index (Phi) is 8.96. The molecule has 0 heterocycles. The van der Waals surface area contributed by atoms with Crippen LogP contribution in [0, 0.1) is 0 Å². The third-order valence-electron chi connectivity index (χ3n) is 4.47. The molecule has 7 heteroatoms. The first-order valence-electron chi connectivity index (χ1n) is 9.32. The third kappa shape index (κ3) is 7.26. The van der Waals surface area contributed by atoms with Gasteiger partial charge in [0.15, 0.2) is 0 Å². The van der Waals surface area contributed by atoms with Gasteiger partial charge in [-0.05, 0) is 42.7 Å². The molecular formula is C21H26ClNO4S. The molecule has 5 nitrogen and oxygen atoms in total. The van der Waals surface area contributed by atoms with Crippen LogP contribution in [-0.4, -0.2) is 21.5 Å². The molecule has 0 aliphatic carbocycles. The molecule has 0 aromatic heterocycles. The van der Waals surface area contributed by atoms with Gasteiger partial charge in [0.05, 0.1) is 12.0 Å². The number of sulfonamides is 1. The number of esters is 1. The number of ether oxygens (including phenoxy) is 1. The van der Waals surface area contributed by atoms with Gasteiger partial charge in [0, 0.05) is 17.5 Å². The van der Waals surface area contributed by atoms with E-state index in [9.17, 15) is 13.2 Å². The van der Waals surface area contributed by atoms with Crippen LogP contribution in [0.2, 0.25) is 5.02 Å². The number of carbonyl (C=O) groups excluding carboxylic acids is 1. The summed E-state index contributed by atoms with van der Waals surface area (Å²) in [5.41, 5.74) is 0.926. The van der Waals surface area contributed by atoms with E-state index in [0.717, 1.165) is 31.2 Å². The summed E-state index contributed by atoms with van der Waals surface area (Å²) in [6.07, 6.45) is 4.55. The fourth-order valence-corrected chi connectivity index (χ4v) is 4.31. The van der Waals surface area contributed by atoms with E-state index in [4.69, 9.17) is 11.6 Å². The number of rotatable bonds is 11. The van der Waals surface area contributed by atoms with Crippen molar-refractivity contribution in [2.75, 3.05) is 7.11 Å². The molecule has 2 aromatic carbocycles. The molecule has 28 heavy (non-hydrogen) atoms. The standard InChI is InChI=1S/C21H26ClNO4S/c1-27-21(24)12-8-3-2-7-11-20(17-9-5-4-6-10-17)23-28(25,26)19-15-13-18(22)14-16-19/h4-6,9-10,13-16,20,23H,2-3,7-8,11-12H2,1H3. The van der Waals surface area contributed by atoms with Gasteiger partial charge in [0.25, 0.3) is 0 Å². The van der Waals surface area contributed by atoms with Crippen molar-refractivity contribution in [3.8, 4) is 0 Å². The van der Waals surface area contributed by atoms with Gasteiger partial charge in [-0.3, -0.25) is 4.79 Å². The summed E-state index contributed by atoms with van der Waals surface area (Å²) in [5.74, 6) is -0.196. The summed E-state index contributed by atoms with van der Waals surface area (Å²) in [6.45, 7) is 0. The van der Waals surface area contributed by atoms with Crippen molar-refractivity contribution in [3.05, 3.63) is 65.2 Å². The summed E-state index contributed by atoms with van der Waals surface area (Å²) in [4.78, 5) is 11.3. The smallest absolute Gasteiger partial charge is 0.305 e. The first-order chi connectivity index (χ1) is 13.4. The number of methoxy groups -OCH3 is 1. The van der Waals surface area contributed by atoms with Crippen LogP contribution in [-0.2, 0) is 19.6 Å². The molecule has 2 aromatic rings. The fraction of sp³-hybridized carbons (Fsp3) is 0.381. The molecule has 1 N–H and O–H groups in total. The summed E-state index contributed by atoms with van der Waals surface area (Å²) in [6, 6.07) is 15.4. The molecule has 0 spiro atoms. The highest BCUT2D eigenvalue weighted by Crippen LogP contribution is 2.24. The fourth-order valence-electron chi connectivity index (χ4n) is 2.92. The molecule has 0 aliphatic rings. The predicted octanol–water partition coefficient (Wildman–Crippen LogP) is 4.87. The normalized spacial score (nSPS) is 12.5. The van der Waals surface area contributed by atoms with Gasteiger partial charge in [-0.1, -0.05) is 61.2 Å². The van der Waals surface area contributed by atoms with E-state index in [1.807, 2.05) is 30.3 Å². The Labute approximate surface area is 172 Å². The lowest BCUT2D eigenvalue weighted by molar-refractivity contribution is -0.140. The topological polar surface area (TPSA) is 72.5 Å². The minimum Gasteiger partial charge on any atom is -0.469 e. The van der Waals surface area contributed by atoms with Crippen LogP contribution in [0.15, 0.2) is 59.5 Å². The molecule has 0 saturated carbocycles. The van der Waals surface area contributed by atoms with Gasteiger partial charge in [-0.2, -0.15) is 0 Å². The van der Waals surface area contributed by atoms with Gasteiger partial charge in [0.1, 0.15) is 0 Å². The van der Waals surface area contributed by atoms with Crippen LogP contribution >= 0.6 is 11.6 Å². The zero-order valence-corrected chi connectivity index (χ0v) is 17.5. The first kappa shape index (κ1) is 22.4. The van der Waals surface area contributed by atoms with Crippen LogP contribution < -0.4 is 4.72 Å². The lowest BCUT2D eigenvalue weighted by Gasteiger charge is -2.19. The molecule has 0 fully saturated rings.